The van der Waals surface area contributed by atoms with Crippen LogP contribution in [-0.4, -0.2) is 32.7 Å². The third-order valence-electron chi connectivity index (χ3n) is 2.65. The molecule has 21 heavy (non-hydrogen) atoms. The number of hydrogen-bond acceptors (Lipinski definition) is 5. The van der Waals surface area contributed by atoms with Crippen LogP contribution in [-0.2, 0) is 6.42 Å². The Morgan fingerprint density at radius 3 is 2.62 bits per heavy atom. The van der Waals surface area contributed by atoms with Crippen molar-refractivity contribution in [1.82, 2.24) is 15.2 Å². The van der Waals surface area contributed by atoms with Gasteiger partial charge in [-0.2, -0.15) is 0 Å². The summed E-state index contributed by atoms with van der Waals surface area (Å²) in [4.78, 5) is 27.0. The minimum Gasteiger partial charge on any atom is -0.351 e. The molecule has 0 bridgehead atoms. The zero-order valence-electron chi connectivity index (χ0n) is 11.4. The Morgan fingerprint density at radius 1 is 1.33 bits per heavy atom. The van der Waals surface area contributed by atoms with E-state index in [1.165, 1.54) is 11.8 Å². The lowest BCUT2D eigenvalue weighted by Crippen LogP contribution is -2.19. The van der Waals surface area contributed by atoms with Gasteiger partial charge in [0.1, 0.15) is 5.82 Å². The number of nitrogens with two attached hydrogens (primary N) is 1. The molecule has 4 N–H and O–H groups in total. The van der Waals surface area contributed by atoms with Gasteiger partial charge in [0, 0.05) is 17.7 Å². The maximum absolute atomic E-state index is 12.0. The number of hydrogen-bond donors (Lipinski definition) is 3. The van der Waals surface area contributed by atoms with Gasteiger partial charge in [-0.15, -0.1) is 5.10 Å². The lowest BCUT2D eigenvalue weighted by atomic mass is 10.1. The Labute approximate surface area is 125 Å². The number of nitrogens with one attached hydrogen (secondary N) is 2. The number of primary amides is 1. The molecule has 0 fully saturated rings. The molecule has 2 aromatic rings. The van der Waals surface area contributed by atoms with E-state index in [-0.39, 0.29) is 11.5 Å². The van der Waals surface area contributed by atoms with Gasteiger partial charge in [-0.1, -0.05) is 18.7 Å². The van der Waals surface area contributed by atoms with Crippen molar-refractivity contribution in [2.24, 2.45) is 5.73 Å². The van der Waals surface area contributed by atoms with E-state index >= 15 is 0 Å². The third-order valence-corrected chi connectivity index (χ3v) is 3.50. The van der Waals surface area contributed by atoms with Gasteiger partial charge >= 0.3 is 6.03 Å². The van der Waals surface area contributed by atoms with Crippen molar-refractivity contribution in [3.8, 4) is 0 Å². The number of carbonyl (C=O) groups excluding carboxylic acids is 2. The van der Waals surface area contributed by atoms with Crippen molar-refractivity contribution in [3.63, 3.8) is 0 Å². The van der Waals surface area contributed by atoms with Crippen LogP contribution in [0, 0.1) is 0 Å². The molecule has 0 aliphatic carbocycles. The molecule has 0 aliphatic rings. The molecule has 1 aromatic carbocycles. The van der Waals surface area contributed by atoms with Gasteiger partial charge in [0.05, 0.1) is 5.75 Å². The lowest BCUT2D eigenvalue weighted by Gasteiger charge is -2.03. The molecule has 0 atom stereocenters. The topological polar surface area (TPSA) is 114 Å². The van der Waals surface area contributed by atoms with E-state index in [1.54, 1.807) is 24.3 Å². The summed E-state index contributed by atoms with van der Waals surface area (Å²) in [6.45, 7) is 1.97. The summed E-state index contributed by atoms with van der Waals surface area (Å²) < 4.78 is 0. The Hall–Kier alpha value is -2.35. The molecule has 7 nitrogen and oxygen atoms in total. The van der Waals surface area contributed by atoms with E-state index in [4.69, 9.17) is 5.73 Å². The second kappa shape index (κ2) is 6.89. The summed E-state index contributed by atoms with van der Waals surface area (Å²) in [5.74, 6) is 1.02. The van der Waals surface area contributed by atoms with Crippen molar-refractivity contribution < 1.29 is 9.59 Å². The summed E-state index contributed by atoms with van der Waals surface area (Å²) in [6.07, 6.45) is 0.774. The summed E-state index contributed by atoms with van der Waals surface area (Å²) >= 11 is 1.28. The zero-order chi connectivity index (χ0) is 15.2. The number of urea groups is 1. The molecule has 0 unspecified atom stereocenters. The molecule has 0 aliphatic heterocycles. The summed E-state index contributed by atoms with van der Waals surface area (Å²) in [5.41, 5.74) is 6.12. The van der Waals surface area contributed by atoms with Crippen molar-refractivity contribution in [3.05, 3.63) is 35.7 Å². The van der Waals surface area contributed by atoms with Crippen LogP contribution in [0.3, 0.4) is 0 Å². The quantitative estimate of drug-likeness (QED) is 0.556. The predicted octanol–water partition coefficient (Wildman–Crippen LogP) is 1.83. The van der Waals surface area contributed by atoms with Gasteiger partial charge in [0.15, 0.2) is 5.78 Å². The smallest absolute Gasteiger partial charge is 0.316 e. The SMILES string of the molecule is CCc1nc(SCC(=O)c2ccc(NC(N)=O)cc2)n[nH]1. The molecule has 1 heterocycles. The number of benzene rings is 1. The van der Waals surface area contributed by atoms with Gasteiger partial charge in [-0.25, -0.2) is 9.78 Å². The number of nitrogens with zero attached hydrogens (tertiary/aromatic N) is 2. The fourth-order valence-corrected chi connectivity index (χ4v) is 2.31. The average Bonchev–Trinajstić information content (AvgIpc) is 2.93. The molecule has 8 heteroatoms. The number of amides is 2. The highest BCUT2D eigenvalue weighted by atomic mass is 32.2. The summed E-state index contributed by atoms with van der Waals surface area (Å²) in [5, 5.41) is 9.81. The highest BCUT2D eigenvalue weighted by molar-refractivity contribution is 7.99. The van der Waals surface area contributed by atoms with E-state index < -0.39 is 6.03 Å². The van der Waals surface area contributed by atoms with Gasteiger partial charge in [-0.3, -0.25) is 9.89 Å². The first kappa shape index (κ1) is 15.0. The van der Waals surface area contributed by atoms with Crippen molar-refractivity contribution in [2.45, 2.75) is 18.5 Å². The highest BCUT2D eigenvalue weighted by Gasteiger charge is 2.09. The largest absolute Gasteiger partial charge is 0.351 e. The minimum atomic E-state index is -0.638. The summed E-state index contributed by atoms with van der Waals surface area (Å²) in [7, 11) is 0. The van der Waals surface area contributed by atoms with Crippen LogP contribution in [0.1, 0.15) is 23.1 Å². The van der Waals surface area contributed by atoms with Gasteiger partial charge in [0.25, 0.3) is 0 Å². The molecular weight excluding hydrogens is 290 g/mol. The van der Waals surface area contributed by atoms with Crippen LogP contribution in [0.4, 0.5) is 10.5 Å². The number of aryl methyl sites for hydroxylation is 1. The van der Waals surface area contributed by atoms with Crippen LogP contribution in [0.15, 0.2) is 29.4 Å². The van der Waals surface area contributed by atoms with Crippen LogP contribution in [0.2, 0.25) is 0 Å². The number of ketones is 1. The Morgan fingerprint density at radius 2 is 2.05 bits per heavy atom. The fourth-order valence-electron chi connectivity index (χ4n) is 1.60. The monoisotopic (exact) mass is 305 g/mol. The first-order chi connectivity index (χ1) is 10.1. The standard InChI is InChI=1S/C13H15N5O2S/c1-2-11-16-13(18-17-11)21-7-10(19)8-3-5-9(6-4-8)15-12(14)20/h3-6H,2,7H2,1H3,(H3,14,15,20)(H,16,17,18). The molecule has 0 saturated carbocycles. The maximum Gasteiger partial charge on any atom is 0.316 e. The number of Topliss-reactive ketones (excluding diaryl/α,β-unsaturated/α-hetero) is 1. The van der Waals surface area contributed by atoms with Crippen LogP contribution < -0.4 is 11.1 Å². The number of thioether (sulfide) groups is 1. The molecule has 2 amide bonds. The molecule has 110 valence electrons. The van der Waals surface area contributed by atoms with Crippen LogP contribution in [0.25, 0.3) is 0 Å². The Balaban J connectivity index is 1.92. The van der Waals surface area contributed by atoms with Crippen LogP contribution in [0.5, 0.6) is 0 Å². The molecule has 0 radical (unpaired) electrons. The molecule has 0 spiro atoms. The number of aromatic amines is 1. The average molecular weight is 305 g/mol. The lowest BCUT2D eigenvalue weighted by molar-refractivity contribution is 0.102. The minimum absolute atomic E-state index is 0.0338. The van der Waals surface area contributed by atoms with Gasteiger partial charge in [0.2, 0.25) is 5.16 Å². The highest BCUT2D eigenvalue weighted by Crippen LogP contribution is 2.16. The van der Waals surface area contributed by atoms with E-state index in [0.29, 0.717) is 16.4 Å². The predicted molar refractivity (Wildman–Crippen MR) is 80.5 cm³/mol. The number of rotatable bonds is 6. The molecule has 0 saturated heterocycles. The van der Waals surface area contributed by atoms with Crippen molar-refractivity contribution >= 4 is 29.3 Å². The zero-order valence-corrected chi connectivity index (χ0v) is 12.2. The normalized spacial score (nSPS) is 10.3. The van der Waals surface area contributed by atoms with E-state index in [9.17, 15) is 9.59 Å². The van der Waals surface area contributed by atoms with Gasteiger partial charge < -0.3 is 11.1 Å². The van der Waals surface area contributed by atoms with E-state index in [0.717, 1.165) is 12.2 Å². The molecule has 2 rings (SSSR count). The first-order valence-electron chi connectivity index (χ1n) is 6.32. The van der Waals surface area contributed by atoms with Gasteiger partial charge in [-0.05, 0) is 24.3 Å². The number of H-pyrrole nitrogens is 1. The van der Waals surface area contributed by atoms with Crippen molar-refractivity contribution in [1.29, 1.82) is 0 Å². The molecular formula is C13H15N5O2S. The van der Waals surface area contributed by atoms with E-state index in [1.807, 2.05) is 6.92 Å². The van der Waals surface area contributed by atoms with Crippen LogP contribution >= 0.6 is 11.8 Å². The fraction of sp³-hybridized carbons (Fsp3) is 0.231. The second-order valence-electron chi connectivity index (χ2n) is 4.20. The first-order valence-corrected chi connectivity index (χ1v) is 7.31. The third kappa shape index (κ3) is 4.32. The molecule has 1 aromatic heterocycles. The number of anilines is 1. The number of aromatic nitrogens is 3. The van der Waals surface area contributed by atoms with E-state index in [2.05, 4.69) is 20.5 Å². The van der Waals surface area contributed by atoms with Crippen molar-refractivity contribution in [2.75, 3.05) is 11.1 Å². The second-order valence-corrected chi connectivity index (χ2v) is 5.14. The Kier molecular flexibility index (Phi) is 4.94. The maximum atomic E-state index is 12.0. The number of carbonyl (C=O) groups is 2. The Bertz CT molecular complexity index is 638. The summed E-state index contributed by atoms with van der Waals surface area (Å²) in [6, 6.07) is 5.91.